The van der Waals surface area contributed by atoms with Gasteiger partial charge in [-0.3, -0.25) is 0 Å². The van der Waals surface area contributed by atoms with Gasteiger partial charge < -0.3 is 0 Å². The van der Waals surface area contributed by atoms with Crippen LogP contribution in [0.25, 0.3) is 33.3 Å². The Morgan fingerprint density at radius 1 is 0.950 bits per heavy atom. The van der Waals surface area contributed by atoms with E-state index >= 15 is 0 Å². The molecule has 5 nitrogen and oxygen atoms in total. The molecule has 96 valence electrons. The summed E-state index contributed by atoms with van der Waals surface area (Å²) in [7, 11) is 0. The molecule has 0 saturated carbocycles. The second-order valence-electron chi connectivity index (χ2n) is 4.40. The van der Waals surface area contributed by atoms with Crippen LogP contribution >= 0.6 is 0 Å². The maximum atomic E-state index is 12.1. The van der Waals surface area contributed by atoms with Gasteiger partial charge in [0.05, 0.1) is 0 Å². The minimum absolute atomic E-state index is 0.0504. The molecule has 2 heterocycles. The first-order valence-corrected chi connectivity index (χ1v) is 7.56. The van der Waals surface area contributed by atoms with Gasteiger partial charge in [0.15, 0.2) is 0 Å². The standard InChI is InChI=1S/C14H8N4OSe/c19-14-9-3-1-2-4-10(9)15-13(16-14)8-5-6-11-12(7-8)18-20-17-11/h1-7H,(H,15,16,19). The number of para-hydroxylation sites is 1. The maximum absolute atomic E-state index is 12.1. The number of rotatable bonds is 1. The zero-order chi connectivity index (χ0) is 13.5. The molecule has 4 aromatic rings. The molecule has 0 aliphatic carbocycles. The summed E-state index contributed by atoms with van der Waals surface area (Å²) in [5.41, 5.74) is 3.20. The van der Waals surface area contributed by atoms with E-state index in [1.807, 2.05) is 36.4 Å². The van der Waals surface area contributed by atoms with Crippen LogP contribution in [0.1, 0.15) is 0 Å². The molecule has 0 amide bonds. The summed E-state index contributed by atoms with van der Waals surface area (Å²) >= 11 is -0.0504. The number of benzene rings is 2. The monoisotopic (exact) mass is 328 g/mol. The van der Waals surface area contributed by atoms with Crippen LogP contribution in [0.2, 0.25) is 0 Å². The Morgan fingerprint density at radius 2 is 1.80 bits per heavy atom. The minimum atomic E-state index is -0.128. The molecule has 0 radical (unpaired) electrons. The first-order valence-electron chi connectivity index (χ1n) is 6.03. The van der Waals surface area contributed by atoms with Crippen LogP contribution in [0.3, 0.4) is 0 Å². The third-order valence-corrected chi connectivity index (χ3v) is 4.31. The predicted octanol–water partition coefficient (Wildman–Crippen LogP) is 1.59. The Morgan fingerprint density at radius 3 is 2.75 bits per heavy atom. The van der Waals surface area contributed by atoms with Gasteiger partial charge in [-0.05, 0) is 0 Å². The van der Waals surface area contributed by atoms with Crippen molar-refractivity contribution in [3.63, 3.8) is 0 Å². The molecule has 4 rings (SSSR count). The van der Waals surface area contributed by atoms with Crippen LogP contribution in [-0.4, -0.2) is 32.9 Å². The van der Waals surface area contributed by atoms with Crippen LogP contribution in [0.15, 0.2) is 47.3 Å². The number of nitrogens with one attached hydrogen (secondary N) is 1. The van der Waals surface area contributed by atoms with E-state index in [2.05, 4.69) is 17.9 Å². The van der Waals surface area contributed by atoms with Gasteiger partial charge in [-0.2, -0.15) is 0 Å². The number of hydrogen-bond acceptors (Lipinski definition) is 4. The number of fused-ring (bicyclic) bond motifs is 2. The third-order valence-electron chi connectivity index (χ3n) is 3.14. The van der Waals surface area contributed by atoms with Crippen molar-refractivity contribution in [2.75, 3.05) is 0 Å². The van der Waals surface area contributed by atoms with Crippen LogP contribution < -0.4 is 5.56 Å². The molecule has 0 bridgehead atoms. The van der Waals surface area contributed by atoms with Crippen molar-refractivity contribution in [2.24, 2.45) is 0 Å². The number of hydrogen-bond donors (Lipinski definition) is 1. The molecular weight excluding hydrogens is 319 g/mol. The normalized spacial score (nSPS) is 11.2. The van der Waals surface area contributed by atoms with Gasteiger partial charge in [0.2, 0.25) is 0 Å². The quantitative estimate of drug-likeness (QED) is 0.539. The van der Waals surface area contributed by atoms with Crippen LogP contribution in [0.5, 0.6) is 0 Å². The average Bonchev–Trinajstić information content (AvgIpc) is 2.94. The molecule has 0 unspecified atom stereocenters. The zero-order valence-electron chi connectivity index (χ0n) is 10.2. The molecule has 0 aliphatic rings. The van der Waals surface area contributed by atoms with Gasteiger partial charge in [0.1, 0.15) is 0 Å². The van der Waals surface area contributed by atoms with Crippen molar-refractivity contribution in [1.82, 2.24) is 17.9 Å². The summed E-state index contributed by atoms with van der Waals surface area (Å²) in [5.74, 6) is 0.561. The molecule has 1 N–H and O–H groups in total. The van der Waals surface area contributed by atoms with Gasteiger partial charge in [0.25, 0.3) is 0 Å². The Balaban J connectivity index is 1.99. The Labute approximate surface area is 119 Å². The van der Waals surface area contributed by atoms with Crippen molar-refractivity contribution in [3.05, 3.63) is 52.8 Å². The van der Waals surface area contributed by atoms with Crippen molar-refractivity contribution in [1.29, 1.82) is 0 Å². The van der Waals surface area contributed by atoms with E-state index in [0.717, 1.165) is 16.6 Å². The van der Waals surface area contributed by atoms with Crippen LogP contribution in [-0.2, 0) is 0 Å². The van der Waals surface area contributed by atoms with E-state index in [4.69, 9.17) is 0 Å². The van der Waals surface area contributed by atoms with Gasteiger partial charge in [-0.25, -0.2) is 0 Å². The summed E-state index contributed by atoms with van der Waals surface area (Å²) in [6, 6.07) is 13.1. The molecule has 6 heteroatoms. The van der Waals surface area contributed by atoms with Crippen molar-refractivity contribution in [3.8, 4) is 11.4 Å². The molecule has 0 atom stereocenters. The Hall–Kier alpha value is -2.30. The summed E-state index contributed by atoms with van der Waals surface area (Å²) < 4.78 is 8.65. The molecule has 2 aromatic carbocycles. The summed E-state index contributed by atoms with van der Waals surface area (Å²) in [4.78, 5) is 19.4. The van der Waals surface area contributed by atoms with Crippen LogP contribution in [0, 0.1) is 0 Å². The second kappa shape index (κ2) is 4.37. The Kier molecular flexibility index (Phi) is 2.52. The topological polar surface area (TPSA) is 71.5 Å². The van der Waals surface area contributed by atoms with Crippen LogP contribution in [0.4, 0.5) is 0 Å². The first-order chi connectivity index (χ1) is 9.81. The van der Waals surface area contributed by atoms with E-state index in [1.54, 1.807) is 6.07 Å². The van der Waals surface area contributed by atoms with Crippen molar-refractivity contribution in [2.45, 2.75) is 0 Å². The molecule has 20 heavy (non-hydrogen) atoms. The molecule has 2 aromatic heterocycles. The average molecular weight is 327 g/mol. The van der Waals surface area contributed by atoms with E-state index in [0.29, 0.717) is 16.7 Å². The number of H-pyrrole nitrogens is 1. The molecule has 0 spiro atoms. The Bertz CT molecular complexity index is 989. The van der Waals surface area contributed by atoms with Gasteiger partial charge in [0, 0.05) is 0 Å². The molecule has 0 fully saturated rings. The number of nitrogens with zero attached hydrogens (tertiary/aromatic N) is 3. The van der Waals surface area contributed by atoms with Gasteiger partial charge >= 0.3 is 119 Å². The van der Waals surface area contributed by atoms with Gasteiger partial charge in [-0.15, -0.1) is 0 Å². The summed E-state index contributed by atoms with van der Waals surface area (Å²) in [6.45, 7) is 0. The summed E-state index contributed by atoms with van der Waals surface area (Å²) in [5, 5.41) is 0.598. The molecule has 0 aliphatic heterocycles. The summed E-state index contributed by atoms with van der Waals surface area (Å²) in [6.07, 6.45) is 0. The first kappa shape index (κ1) is 11.5. The third kappa shape index (κ3) is 1.78. The fraction of sp³-hybridized carbons (Fsp3) is 0. The molecular formula is C14H8N4OSe. The van der Waals surface area contributed by atoms with E-state index in [9.17, 15) is 4.79 Å². The van der Waals surface area contributed by atoms with E-state index in [1.165, 1.54) is 0 Å². The van der Waals surface area contributed by atoms with Crippen molar-refractivity contribution >= 4 is 36.9 Å². The van der Waals surface area contributed by atoms with E-state index in [-0.39, 0.29) is 20.5 Å². The fourth-order valence-electron chi connectivity index (χ4n) is 2.15. The SMILES string of the molecule is O=c1[nH]c(-c2ccc3n[se]nc3c2)nc2ccccc12. The number of aromatic nitrogens is 4. The van der Waals surface area contributed by atoms with E-state index < -0.39 is 0 Å². The number of aromatic amines is 1. The fourth-order valence-corrected chi connectivity index (χ4v) is 3.24. The molecule has 0 saturated heterocycles. The predicted molar refractivity (Wildman–Crippen MR) is 77.8 cm³/mol. The van der Waals surface area contributed by atoms with Gasteiger partial charge in [-0.1, -0.05) is 0 Å². The second-order valence-corrected chi connectivity index (χ2v) is 5.51. The zero-order valence-corrected chi connectivity index (χ0v) is 11.9. The van der Waals surface area contributed by atoms with Crippen molar-refractivity contribution < 1.29 is 0 Å².